The molecule has 3 rings (SSSR count). The molecule has 1 atom stereocenters. The van der Waals surface area contributed by atoms with Gasteiger partial charge in [-0.3, -0.25) is 4.79 Å². The number of benzene rings is 2. The fourth-order valence-corrected chi connectivity index (χ4v) is 2.82. The molecule has 0 aliphatic heterocycles. The Balaban J connectivity index is 1.85. The van der Waals surface area contributed by atoms with Crippen LogP contribution >= 0.6 is 0 Å². The highest BCUT2D eigenvalue weighted by Gasteiger charge is 2.24. The van der Waals surface area contributed by atoms with Gasteiger partial charge in [-0.25, -0.2) is 0 Å². The van der Waals surface area contributed by atoms with E-state index in [9.17, 15) is 9.90 Å². The van der Waals surface area contributed by atoms with Crippen LogP contribution in [0.15, 0.2) is 84.5 Å². The number of allylic oxidation sites excluding steroid dienone is 2. The zero-order valence-corrected chi connectivity index (χ0v) is 13.5. The van der Waals surface area contributed by atoms with Gasteiger partial charge in [0.05, 0.1) is 6.10 Å². The van der Waals surface area contributed by atoms with Crippen molar-refractivity contribution in [1.82, 2.24) is 4.90 Å². The van der Waals surface area contributed by atoms with E-state index < -0.39 is 6.10 Å². The van der Waals surface area contributed by atoms with Crippen LogP contribution in [0.3, 0.4) is 0 Å². The van der Waals surface area contributed by atoms with Gasteiger partial charge in [-0.05, 0) is 17.5 Å². The van der Waals surface area contributed by atoms with Crippen molar-refractivity contribution in [3.05, 3.63) is 95.6 Å². The third-order valence-electron chi connectivity index (χ3n) is 4.10. The Bertz CT molecular complexity index is 693. The lowest BCUT2D eigenvalue weighted by atomic mass is 10.00. The minimum atomic E-state index is -0.725. The summed E-state index contributed by atoms with van der Waals surface area (Å²) in [4.78, 5) is 14.8. The van der Waals surface area contributed by atoms with Crippen molar-refractivity contribution in [2.75, 3.05) is 0 Å². The Hall–Kier alpha value is -2.65. The molecule has 3 nitrogen and oxygen atoms in total. The van der Waals surface area contributed by atoms with E-state index in [-0.39, 0.29) is 5.91 Å². The molecule has 0 fully saturated rings. The Kier molecular flexibility index (Phi) is 5.24. The van der Waals surface area contributed by atoms with E-state index in [4.69, 9.17) is 0 Å². The lowest BCUT2D eigenvalue weighted by Crippen LogP contribution is -2.35. The predicted octanol–water partition coefficient (Wildman–Crippen LogP) is 3.46. The molecule has 0 aromatic heterocycles. The van der Waals surface area contributed by atoms with Crippen LogP contribution in [0, 0.1) is 0 Å². The Morgan fingerprint density at radius 2 is 1.50 bits per heavy atom. The van der Waals surface area contributed by atoms with Crippen LogP contribution in [0.5, 0.6) is 0 Å². The summed E-state index contributed by atoms with van der Waals surface area (Å²) in [7, 11) is 0. The molecule has 1 N–H and O–H groups in total. The van der Waals surface area contributed by atoms with Gasteiger partial charge in [0.25, 0.3) is 5.91 Å². The largest absolute Gasteiger partial charge is 0.388 e. The zero-order chi connectivity index (χ0) is 16.8. The lowest BCUT2D eigenvalue weighted by molar-refractivity contribution is -0.129. The van der Waals surface area contributed by atoms with Gasteiger partial charge in [0.15, 0.2) is 0 Å². The summed E-state index contributed by atoms with van der Waals surface area (Å²) in [5, 5.41) is 10.2. The van der Waals surface area contributed by atoms with Crippen LogP contribution in [0.1, 0.15) is 17.5 Å². The van der Waals surface area contributed by atoms with Crippen molar-refractivity contribution in [2.24, 2.45) is 0 Å². The molecule has 3 heteroatoms. The average Bonchev–Trinajstić information content (AvgIpc) is 2.63. The summed E-state index contributed by atoms with van der Waals surface area (Å²) in [6, 6.07) is 19.9. The van der Waals surface area contributed by atoms with Crippen LogP contribution in [-0.2, 0) is 17.9 Å². The van der Waals surface area contributed by atoms with Crippen LogP contribution in [-0.4, -0.2) is 22.0 Å². The summed E-state index contributed by atoms with van der Waals surface area (Å²) in [6.45, 7) is 1.03. The number of hydrogen-bond acceptors (Lipinski definition) is 2. The van der Waals surface area contributed by atoms with Gasteiger partial charge in [-0.1, -0.05) is 78.9 Å². The monoisotopic (exact) mass is 319 g/mol. The molecular formula is C21H21NO2. The summed E-state index contributed by atoms with van der Waals surface area (Å²) in [5.41, 5.74) is 2.61. The molecular weight excluding hydrogens is 298 g/mol. The molecule has 0 radical (unpaired) electrons. The molecule has 24 heavy (non-hydrogen) atoms. The third kappa shape index (κ3) is 4.00. The number of rotatable bonds is 5. The zero-order valence-electron chi connectivity index (χ0n) is 13.5. The molecule has 0 spiro atoms. The molecule has 2 aromatic rings. The normalized spacial score (nSPS) is 16.5. The molecule has 1 unspecified atom stereocenters. The first-order valence-corrected chi connectivity index (χ1v) is 8.16. The summed E-state index contributed by atoms with van der Waals surface area (Å²) in [6.07, 6.45) is 5.20. The molecule has 1 aliphatic rings. The van der Waals surface area contributed by atoms with Crippen molar-refractivity contribution in [3.63, 3.8) is 0 Å². The minimum absolute atomic E-state index is 0.112. The highest BCUT2D eigenvalue weighted by molar-refractivity contribution is 5.95. The van der Waals surface area contributed by atoms with Crippen LogP contribution < -0.4 is 0 Å². The van der Waals surface area contributed by atoms with Gasteiger partial charge in [-0.15, -0.1) is 0 Å². The van der Waals surface area contributed by atoms with Crippen LogP contribution in [0.4, 0.5) is 0 Å². The van der Waals surface area contributed by atoms with Gasteiger partial charge in [-0.2, -0.15) is 0 Å². The maximum absolute atomic E-state index is 13.0. The third-order valence-corrected chi connectivity index (χ3v) is 4.10. The molecule has 2 aromatic carbocycles. The first kappa shape index (κ1) is 16.2. The smallest absolute Gasteiger partial charge is 0.253 e. The van der Waals surface area contributed by atoms with Gasteiger partial charge in [0.1, 0.15) is 0 Å². The quantitative estimate of drug-likeness (QED) is 0.917. The minimum Gasteiger partial charge on any atom is -0.388 e. The number of carbonyl (C=O) groups excluding carboxylic acids is 1. The number of amides is 1. The Morgan fingerprint density at radius 3 is 2.00 bits per heavy atom. The van der Waals surface area contributed by atoms with Gasteiger partial charge >= 0.3 is 0 Å². The Morgan fingerprint density at radius 1 is 0.958 bits per heavy atom. The van der Waals surface area contributed by atoms with Gasteiger partial charge in [0.2, 0.25) is 0 Å². The van der Waals surface area contributed by atoms with Crippen molar-refractivity contribution < 1.29 is 9.90 Å². The van der Waals surface area contributed by atoms with E-state index in [0.29, 0.717) is 25.1 Å². The molecule has 0 heterocycles. The molecule has 122 valence electrons. The maximum atomic E-state index is 13.0. The highest BCUT2D eigenvalue weighted by Crippen LogP contribution is 2.19. The first-order chi connectivity index (χ1) is 11.7. The molecule has 1 amide bonds. The van der Waals surface area contributed by atoms with Crippen molar-refractivity contribution in [3.8, 4) is 0 Å². The molecule has 0 saturated heterocycles. The van der Waals surface area contributed by atoms with Gasteiger partial charge in [0, 0.05) is 18.7 Å². The molecule has 0 saturated carbocycles. The summed E-state index contributed by atoms with van der Waals surface area (Å²) in [5.74, 6) is -0.112. The maximum Gasteiger partial charge on any atom is 0.253 e. The van der Waals surface area contributed by atoms with E-state index in [2.05, 4.69) is 0 Å². The van der Waals surface area contributed by atoms with Crippen LogP contribution in [0.25, 0.3) is 0 Å². The van der Waals surface area contributed by atoms with Crippen molar-refractivity contribution >= 4 is 5.91 Å². The SMILES string of the molecule is O=C(C1=CC=CCC1O)N(Cc1ccccc1)Cc1ccccc1. The van der Waals surface area contributed by atoms with E-state index in [1.54, 1.807) is 11.0 Å². The average molecular weight is 319 g/mol. The fraction of sp³-hybridized carbons (Fsp3) is 0.190. The summed E-state index contributed by atoms with van der Waals surface area (Å²) >= 11 is 0. The second kappa shape index (κ2) is 7.75. The Labute approximate surface area is 142 Å². The second-order valence-corrected chi connectivity index (χ2v) is 5.93. The van der Waals surface area contributed by atoms with Crippen molar-refractivity contribution in [1.29, 1.82) is 0 Å². The lowest BCUT2D eigenvalue weighted by Gasteiger charge is -2.26. The van der Waals surface area contributed by atoms with Crippen molar-refractivity contribution in [2.45, 2.75) is 25.6 Å². The number of aliphatic hydroxyl groups excluding tert-OH is 1. The second-order valence-electron chi connectivity index (χ2n) is 5.93. The topological polar surface area (TPSA) is 40.5 Å². The standard InChI is InChI=1S/C21H21NO2/c23-20-14-8-7-13-19(20)21(24)22(15-17-9-3-1-4-10-17)16-18-11-5-2-6-12-18/h1-13,20,23H,14-16H2. The first-order valence-electron chi connectivity index (χ1n) is 8.16. The summed E-state index contributed by atoms with van der Waals surface area (Å²) < 4.78 is 0. The van der Waals surface area contributed by atoms with Crippen LogP contribution in [0.2, 0.25) is 0 Å². The van der Waals surface area contributed by atoms with E-state index in [1.165, 1.54) is 0 Å². The predicted molar refractivity (Wildman–Crippen MR) is 95.0 cm³/mol. The van der Waals surface area contributed by atoms with E-state index >= 15 is 0 Å². The number of hydrogen-bond donors (Lipinski definition) is 1. The highest BCUT2D eigenvalue weighted by atomic mass is 16.3. The molecule has 0 bridgehead atoms. The number of aliphatic hydroxyl groups is 1. The van der Waals surface area contributed by atoms with E-state index in [1.807, 2.05) is 72.8 Å². The molecule has 1 aliphatic carbocycles. The van der Waals surface area contributed by atoms with Gasteiger partial charge < -0.3 is 10.0 Å². The number of nitrogens with zero attached hydrogens (tertiary/aromatic N) is 1. The fourth-order valence-electron chi connectivity index (χ4n) is 2.82. The van der Waals surface area contributed by atoms with E-state index in [0.717, 1.165) is 11.1 Å². The number of carbonyl (C=O) groups is 1.